The highest BCUT2D eigenvalue weighted by atomic mass is 35.5. The number of carbonyl (C=O) groups excluding carboxylic acids is 1. The van der Waals surface area contributed by atoms with Crippen LogP contribution in [-0.2, 0) is 21.2 Å². The molecule has 1 saturated heterocycles. The van der Waals surface area contributed by atoms with E-state index >= 15 is 0 Å². The SMILES string of the molecule is CC1(C)[C@@H](C=C(Cl)Cl)[C@@H]1C(=O)N(Cc1ccc(F)cc1)[C@@H]1CCS(=O)(=O)C1. The van der Waals surface area contributed by atoms with Crippen LogP contribution in [0.4, 0.5) is 4.39 Å². The van der Waals surface area contributed by atoms with Gasteiger partial charge in [0.2, 0.25) is 5.91 Å². The smallest absolute Gasteiger partial charge is 0.227 e. The summed E-state index contributed by atoms with van der Waals surface area (Å²) < 4.78 is 37.2. The summed E-state index contributed by atoms with van der Waals surface area (Å²) >= 11 is 11.6. The Morgan fingerprint density at radius 2 is 1.93 bits per heavy atom. The predicted octanol–water partition coefficient (Wildman–Crippen LogP) is 3.93. The lowest BCUT2D eigenvalue weighted by Gasteiger charge is -2.29. The van der Waals surface area contributed by atoms with Crippen molar-refractivity contribution in [3.8, 4) is 0 Å². The fourth-order valence-corrected chi connectivity index (χ4v) is 5.97. The first kappa shape index (κ1) is 20.6. The van der Waals surface area contributed by atoms with Gasteiger partial charge in [0.25, 0.3) is 0 Å². The predicted molar refractivity (Wildman–Crippen MR) is 105 cm³/mol. The second-order valence-electron chi connectivity index (χ2n) is 7.93. The highest BCUT2D eigenvalue weighted by Crippen LogP contribution is 2.60. The lowest BCUT2D eigenvalue weighted by molar-refractivity contribution is -0.136. The van der Waals surface area contributed by atoms with Crippen LogP contribution in [0.15, 0.2) is 34.8 Å². The zero-order chi connectivity index (χ0) is 20.0. The Morgan fingerprint density at radius 1 is 1.30 bits per heavy atom. The fraction of sp³-hybridized carbons (Fsp3) is 0.526. The molecular weight excluding hydrogens is 412 g/mol. The highest BCUT2D eigenvalue weighted by Gasteiger charge is 2.62. The number of rotatable bonds is 5. The molecular formula is C19H22Cl2FNO3S. The molecule has 0 unspecified atom stereocenters. The first-order chi connectivity index (χ1) is 12.5. The maximum absolute atomic E-state index is 13.3. The minimum atomic E-state index is -3.15. The minimum Gasteiger partial charge on any atom is -0.334 e. The summed E-state index contributed by atoms with van der Waals surface area (Å²) in [5, 5.41) is 0. The van der Waals surface area contributed by atoms with E-state index in [0.717, 1.165) is 5.56 Å². The number of benzene rings is 1. The maximum atomic E-state index is 13.3. The maximum Gasteiger partial charge on any atom is 0.227 e. The van der Waals surface area contributed by atoms with Gasteiger partial charge in [-0.2, -0.15) is 0 Å². The van der Waals surface area contributed by atoms with Gasteiger partial charge in [-0.25, -0.2) is 12.8 Å². The van der Waals surface area contributed by atoms with Crippen molar-refractivity contribution in [2.45, 2.75) is 32.9 Å². The van der Waals surface area contributed by atoms with E-state index in [4.69, 9.17) is 23.2 Å². The molecule has 2 aliphatic rings. The topological polar surface area (TPSA) is 54.5 Å². The van der Waals surface area contributed by atoms with Gasteiger partial charge < -0.3 is 4.90 Å². The quantitative estimate of drug-likeness (QED) is 0.706. The number of sulfone groups is 1. The van der Waals surface area contributed by atoms with Crippen molar-refractivity contribution in [2.75, 3.05) is 11.5 Å². The lowest BCUT2D eigenvalue weighted by atomic mass is 10.1. The zero-order valence-electron chi connectivity index (χ0n) is 15.2. The van der Waals surface area contributed by atoms with Gasteiger partial charge in [-0.1, -0.05) is 49.2 Å². The van der Waals surface area contributed by atoms with Crippen LogP contribution in [0.25, 0.3) is 0 Å². The molecule has 2 fully saturated rings. The Hall–Kier alpha value is -1.11. The van der Waals surface area contributed by atoms with Gasteiger partial charge in [0.15, 0.2) is 9.84 Å². The summed E-state index contributed by atoms with van der Waals surface area (Å²) in [7, 11) is -3.15. The van der Waals surface area contributed by atoms with Gasteiger partial charge in [0.05, 0.1) is 17.4 Å². The average molecular weight is 434 g/mol. The van der Waals surface area contributed by atoms with Gasteiger partial charge in [-0.15, -0.1) is 0 Å². The molecule has 148 valence electrons. The Balaban J connectivity index is 1.86. The molecule has 3 atom stereocenters. The van der Waals surface area contributed by atoms with Crippen molar-refractivity contribution in [1.29, 1.82) is 0 Å². The van der Waals surface area contributed by atoms with Crippen LogP contribution in [0.3, 0.4) is 0 Å². The van der Waals surface area contributed by atoms with Gasteiger partial charge in [-0.3, -0.25) is 4.79 Å². The molecule has 0 bridgehead atoms. The largest absolute Gasteiger partial charge is 0.334 e. The summed E-state index contributed by atoms with van der Waals surface area (Å²) in [5.41, 5.74) is 0.458. The van der Waals surface area contributed by atoms with Crippen LogP contribution >= 0.6 is 23.2 Å². The first-order valence-electron chi connectivity index (χ1n) is 8.79. The summed E-state index contributed by atoms with van der Waals surface area (Å²) in [6.45, 7) is 4.18. The van der Waals surface area contributed by atoms with E-state index in [9.17, 15) is 17.6 Å². The zero-order valence-corrected chi connectivity index (χ0v) is 17.5. The van der Waals surface area contributed by atoms with Crippen LogP contribution in [0.5, 0.6) is 0 Å². The van der Waals surface area contributed by atoms with E-state index in [1.165, 1.54) is 12.1 Å². The van der Waals surface area contributed by atoms with Crippen molar-refractivity contribution in [3.05, 3.63) is 46.2 Å². The van der Waals surface area contributed by atoms with E-state index in [2.05, 4.69) is 0 Å². The minimum absolute atomic E-state index is 0.0378. The summed E-state index contributed by atoms with van der Waals surface area (Å²) in [6, 6.07) is 5.53. The van der Waals surface area contributed by atoms with Crippen molar-refractivity contribution in [2.24, 2.45) is 17.3 Å². The molecule has 1 aromatic rings. The average Bonchev–Trinajstić information content (AvgIpc) is 2.90. The van der Waals surface area contributed by atoms with E-state index in [1.807, 2.05) is 13.8 Å². The molecule has 1 aliphatic carbocycles. The van der Waals surface area contributed by atoms with Crippen molar-refractivity contribution in [3.63, 3.8) is 0 Å². The third-order valence-electron chi connectivity index (χ3n) is 5.68. The van der Waals surface area contributed by atoms with Crippen LogP contribution < -0.4 is 0 Å². The number of carbonyl (C=O) groups is 1. The molecule has 27 heavy (non-hydrogen) atoms. The number of nitrogens with zero attached hydrogens (tertiary/aromatic N) is 1. The Morgan fingerprint density at radius 3 is 2.44 bits per heavy atom. The number of halogens is 3. The van der Waals surface area contributed by atoms with Gasteiger partial charge in [-0.05, 0) is 41.5 Å². The van der Waals surface area contributed by atoms with Crippen molar-refractivity contribution in [1.82, 2.24) is 4.90 Å². The normalized spacial score (nSPS) is 27.8. The molecule has 8 heteroatoms. The Bertz CT molecular complexity index is 863. The van der Waals surface area contributed by atoms with E-state index in [1.54, 1.807) is 23.1 Å². The molecule has 4 nitrogen and oxygen atoms in total. The van der Waals surface area contributed by atoms with Crippen LogP contribution in [0, 0.1) is 23.1 Å². The van der Waals surface area contributed by atoms with Crippen LogP contribution in [-0.4, -0.2) is 36.8 Å². The van der Waals surface area contributed by atoms with Crippen molar-refractivity contribution < 1.29 is 17.6 Å². The second-order valence-corrected chi connectivity index (χ2v) is 11.2. The lowest BCUT2D eigenvalue weighted by Crippen LogP contribution is -2.42. The molecule has 1 heterocycles. The number of allylic oxidation sites excluding steroid dienone is 1. The molecule has 0 spiro atoms. The van der Waals surface area contributed by atoms with Crippen LogP contribution in [0.1, 0.15) is 25.8 Å². The van der Waals surface area contributed by atoms with E-state index < -0.39 is 9.84 Å². The second kappa shape index (κ2) is 7.37. The molecule has 1 aliphatic heterocycles. The number of amides is 1. The highest BCUT2D eigenvalue weighted by molar-refractivity contribution is 7.91. The Kier molecular flexibility index (Phi) is 5.63. The Labute approximate surface area is 169 Å². The van der Waals surface area contributed by atoms with Gasteiger partial charge in [0.1, 0.15) is 10.3 Å². The third kappa shape index (κ3) is 4.49. The summed E-state index contributed by atoms with van der Waals surface area (Å²) in [4.78, 5) is 15.0. The van der Waals surface area contributed by atoms with E-state index in [0.29, 0.717) is 6.42 Å². The fourth-order valence-electron chi connectivity index (χ4n) is 3.97. The summed E-state index contributed by atoms with van der Waals surface area (Å²) in [6.07, 6.45) is 2.09. The molecule has 0 radical (unpaired) electrons. The molecule has 3 rings (SSSR count). The van der Waals surface area contributed by atoms with Crippen LogP contribution in [0.2, 0.25) is 0 Å². The molecule has 0 aromatic heterocycles. The number of hydrogen-bond acceptors (Lipinski definition) is 3. The molecule has 1 aromatic carbocycles. The van der Waals surface area contributed by atoms with Gasteiger partial charge >= 0.3 is 0 Å². The molecule has 1 amide bonds. The van der Waals surface area contributed by atoms with E-state index in [-0.39, 0.29) is 57.6 Å². The monoisotopic (exact) mass is 433 g/mol. The first-order valence-corrected chi connectivity index (χ1v) is 11.4. The van der Waals surface area contributed by atoms with Crippen molar-refractivity contribution >= 4 is 38.9 Å². The van der Waals surface area contributed by atoms with Gasteiger partial charge in [0, 0.05) is 12.6 Å². The summed E-state index contributed by atoms with van der Waals surface area (Å²) in [5.74, 6) is -0.829. The molecule has 0 N–H and O–H groups in total. The molecule has 1 saturated carbocycles. The standard InChI is InChI=1S/C19H22Cl2FNO3S/c1-19(2)15(9-16(20)21)17(19)18(24)23(14-7-8-27(25,26)11-14)10-12-3-5-13(22)6-4-12/h3-6,9,14-15,17H,7-8,10-11H2,1-2H3/t14-,15+,17-/m1/s1. The number of hydrogen-bond donors (Lipinski definition) is 0. The third-order valence-corrected chi connectivity index (χ3v) is 7.68.